The summed E-state index contributed by atoms with van der Waals surface area (Å²) in [5.74, 6) is 0.103. The average molecular weight is 418 g/mol. The van der Waals surface area contributed by atoms with E-state index in [0.717, 1.165) is 11.1 Å². The molecule has 2 aromatic rings. The van der Waals surface area contributed by atoms with E-state index in [9.17, 15) is 9.59 Å². The van der Waals surface area contributed by atoms with Crippen LogP contribution in [0.2, 0.25) is 5.02 Å². The number of amides is 1. The molecule has 0 saturated heterocycles. The molecule has 154 valence electrons. The van der Waals surface area contributed by atoms with E-state index in [2.05, 4.69) is 5.32 Å². The minimum atomic E-state index is -0.972. The van der Waals surface area contributed by atoms with Crippen molar-refractivity contribution in [1.82, 2.24) is 0 Å². The van der Waals surface area contributed by atoms with E-state index in [0.29, 0.717) is 28.8 Å². The molecular weight excluding hydrogens is 394 g/mol. The Labute approximate surface area is 175 Å². The van der Waals surface area contributed by atoms with Crippen LogP contribution in [-0.4, -0.2) is 31.7 Å². The normalized spacial score (nSPS) is 11.8. The molecule has 29 heavy (non-hydrogen) atoms. The number of anilines is 1. The minimum Gasteiger partial charge on any atom is -0.493 e. The number of esters is 1. The molecule has 1 N–H and O–H groups in total. The second-order valence-corrected chi connectivity index (χ2v) is 6.56. The fraction of sp³-hybridized carbons (Fsp3) is 0.273. The summed E-state index contributed by atoms with van der Waals surface area (Å²) < 4.78 is 15.9. The summed E-state index contributed by atoms with van der Waals surface area (Å²) >= 11 is 6.05. The number of methoxy groups -OCH3 is 1. The first-order chi connectivity index (χ1) is 13.8. The fourth-order valence-electron chi connectivity index (χ4n) is 2.47. The second kappa shape index (κ2) is 10.5. The zero-order valence-corrected chi connectivity index (χ0v) is 17.6. The van der Waals surface area contributed by atoms with Crippen LogP contribution in [0.25, 0.3) is 6.08 Å². The van der Waals surface area contributed by atoms with Gasteiger partial charge in [-0.25, -0.2) is 4.79 Å². The molecule has 1 amide bonds. The molecule has 6 nitrogen and oxygen atoms in total. The Morgan fingerprint density at radius 3 is 2.66 bits per heavy atom. The molecule has 0 unspecified atom stereocenters. The third-order valence-electron chi connectivity index (χ3n) is 4.09. The molecular formula is C22H24ClNO5. The maximum Gasteiger partial charge on any atom is 0.331 e. The number of halogens is 1. The molecule has 0 spiro atoms. The largest absolute Gasteiger partial charge is 0.493 e. The van der Waals surface area contributed by atoms with Crippen LogP contribution in [0, 0.1) is 6.92 Å². The van der Waals surface area contributed by atoms with Crippen LogP contribution in [0.4, 0.5) is 5.69 Å². The SMILES string of the molecule is CCOc1ccc(/C=C/C(=O)O[C@H](C)C(=O)Nc2cccc(Cl)c2C)cc1OC. The quantitative estimate of drug-likeness (QED) is 0.500. The number of hydrogen-bond acceptors (Lipinski definition) is 5. The van der Waals surface area contributed by atoms with E-state index in [1.165, 1.54) is 13.0 Å². The number of ether oxygens (including phenoxy) is 3. The number of rotatable bonds is 8. The van der Waals surface area contributed by atoms with E-state index >= 15 is 0 Å². The highest BCUT2D eigenvalue weighted by atomic mass is 35.5. The molecule has 0 aliphatic carbocycles. The van der Waals surface area contributed by atoms with Crippen LogP contribution in [0.1, 0.15) is 25.0 Å². The molecule has 0 radical (unpaired) electrons. The van der Waals surface area contributed by atoms with Crippen molar-refractivity contribution in [3.63, 3.8) is 0 Å². The van der Waals surface area contributed by atoms with Crippen LogP contribution in [0.15, 0.2) is 42.5 Å². The highest BCUT2D eigenvalue weighted by Crippen LogP contribution is 2.28. The van der Waals surface area contributed by atoms with Gasteiger partial charge in [-0.3, -0.25) is 4.79 Å². The van der Waals surface area contributed by atoms with Crippen LogP contribution < -0.4 is 14.8 Å². The number of hydrogen-bond donors (Lipinski definition) is 1. The van der Waals surface area contributed by atoms with E-state index in [-0.39, 0.29) is 0 Å². The predicted molar refractivity (Wildman–Crippen MR) is 114 cm³/mol. The van der Waals surface area contributed by atoms with Crippen molar-refractivity contribution in [3.8, 4) is 11.5 Å². The monoisotopic (exact) mass is 417 g/mol. The van der Waals surface area contributed by atoms with Gasteiger partial charge in [0, 0.05) is 16.8 Å². The topological polar surface area (TPSA) is 73.9 Å². The van der Waals surface area contributed by atoms with Crippen molar-refractivity contribution in [2.75, 3.05) is 19.0 Å². The van der Waals surface area contributed by atoms with Crippen LogP contribution >= 0.6 is 11.6 Å². The molecule has 0 aliphatic heterocycles. The van der Waals surface area contributed by atoms with Crippen molar-refractivity contribution in [2.45, 2.75) is 26.9 Å². The van der Waals surface area contributed by atoms with Gasteiger partial charge in [-0.15, -0.1) is 0 Å². The smallest absolute Gasteiger partial charge is 0.331 e. The van der Waals surface area contributed by atoms with Gasteiger partial charge in [0.1, 0.15) is 0 Å². The van der Waals surface area contributed by atoms with Crippen LogP contribution in [0.5, 0.6) is 11.5 Å². The lowest BCUT2D eigenvalue weighted by molar-refractivity contribution is -0.148. The third-order valence-corrected chi connectivity index (χ3v) is 4.50. The molecule has 2 rings (SSSR count). The first kappa shape index (κ1) is 22.3. The lowest BCUT2D eigenvalue weighted by atomic mass is 10.2. The highest BCUT2D eigenvalue weighted by Gasteiger charge is 2.17. The standard InChI is InChI=1S/C22H24ClNO5/c1-5-28-19-11-9-16(13-20(19)27-4)10-12-21(25)29-15(3)22(26)24-18-8-6-7-17(23)14(18)2/h6-13,15H,5H2,1-4H3,(H,24,26)/b12-10+/t15-/m1/s1. The Balaban J connectivity index is 1.97. The molecule has 0 heterocycles. The molecule has 2 aromatic carbocycles. The summed E-state index contributed by atoms with van der Waals surface area (Å²) in [6.07, 6.45) is 1.86. The number of carbonyl (C=O) groups excluding carboxylic acids is 2. The van der Waals surface area contributed by atoms with E-state index in [1.54, 1.807) is 56.5 Å². The average Bonchev–Trinajstić information content (AvgIpc) is 2.70. The van der Waals surface area contributed by atoms with Crippen molar-refractivity contribution < 1.29 is 23.8 Å². The zero-order valence-electron chi connectivity index (χ0n) is 16.8. The molecule has 1 atom stereocenters. The van der Waals surface area contributed by atoms with Crippen molar-refractivity contribution in [2.24, 2.45) is 0 Å². The summed E-state index contributed by atoms with van der Waals surface area (Å²) in [5.41, 5.74) is 2.04. The highest BCUT2D eigenvalue weighted by molar-refractivity contribution is 6.31. The second-order valence-electron chi connectivity index (χ2n) is 6.16. The Morgan fingerprint density at radius 2 is 1.97 bits per heavy atom. The summed E-state index contributed by atoms with van der Waals surface area (Å²) in [5, 5.41) is 3.25. The van der Waals surface area contributed by atoms with Crippen molar-refractivity contribution >= 4 is 35.2 Å². The molecule has 7 heteroatoms. The Bertz CT molecular complexity index is 910. The van der Waals surface area contributed by atoms with E-state index < -0.39 is 18.0 Å². The maximum atomic E-state index is 12.3. The van der Waals surface area contributed by atoms with Gasteiger partial charge in [-0.05, 0) is 62.2 Å². The van der Waals surface area contributed by atoms with E-state index in [4.69, 9.17) is 25.8 Å². The van der Waals surface area contributed by atoms with Gasteiger partial charge in [0.25, 0.3) is 5.91 Å². The Hall–Kier alpha value is -2.99. The van der Waals surface area contributed by atoms with Gasteiger partial charge in [-0.1, -0.05) is 23.7 Å². The van der Waals surface area contributed by atoms with Gasteiger partial charge in [-0.2, -0.15) is 0 Å². The fourth-order valence-corrected chi connectivity index (χ4v) is 2.65. The van der Waals surface area contributed by atoms with Gasteiger partial charge in [0.2, 0.25) is 0 Å². The van der Waals surface area contributed by atoms with Crippen LogP contribution in [-0.2, 0) is 14.3 Å². The van der Waals surface area contributed by atoms with Gasteiger partial charge in [0.15, 0.2) is 17.6 Å². The van der Waals surface area contributed by atoms with Gasteiger partial charge < -0.3 is 19.5 Å². The summed E-state index contributed by atoms with van der Waals surface area (Å²) in [7, 11) is 1.54. The summed E-state index contributed by atoms with van der Waals surface area (Å²) in [4.78, 5) is 24.3. The summed E-state index contributed by atoms with van der Waals surface area (Å²) in [6.45, 7) is 5.70. The predicted octanol–water partition coefficient (Wildman–Crippen LogP) is 4.64. The maximum absolute atomic E-state index is 12.3. The summed E-state index contributed by atoms with van der Waals surface area (Å²) in [6, 6.07) is 10.5. The first-order valence-corrected chi connectivity index (χ1v) is 9.49. The Kier molecular flexibility index (Phi) is 8.09. The molecule has 0 saturated carbocycles. The number of benzene rings is 2. The lowest BCUT2D eigenvalue weighted by Crippen LogP contribution is -2.29. The third kappa shape index (κ3) is 6.26. The van der Waals surface area contributed by atoms with Gasteiger partial charge >= 0.3 is 5.97 Å². The minimum absolute atomic E-state index is 0.445. The van der Waals surface area contributed by atoms with Crippen molar-refractivity contribution in [3.05, 3.63) is 58.6 Å². The van der Waals surface area contributed by atoms with Gasteiger partial charge in [0.05, 0.1) is 13.7 Å². The molecule has 0 aromatic heterocycles. The zero-order chi connectivity index (χ0) is 21.4. The number of carbonyl (C=O) groups is 2. The number of nitrogens with one attached hydrogen (secondary N) is 1. The lowest BCUT2D eigenvalue weighted by Gasteiger charge is -2.14. The van der Waals surface area contributed by atoms with Crippen LogP contribution in [0.3, 0.4) is 0 Å². The first-order valence-electron chi connectivity index (χ1n) is 9.11. The molecule has 0 bridgehead atoms. The molecule has 0 fully saturated rings. The van der Waals surface area contributed by atoms with E-state index in [1.807, 2.05) is 6.92 Å². The Morgan fingerprint density at radius 1 is 1.21 bits per heavy atom. The van der Waals surface area contributed by atoms with Crippen molar-refractivity contribution in [1.29, 1.82) is 0 Å². The molecule has 0 aliphatic rings.